The van der Waals surface area contributed by atoms with E-state index in [1.165, 1.54) is 13.2 Å². The lowest BCUT2D eigenvalue weighted by Gasteiger charge is -2.18. The Bertz CT molecular complexity index is 575. The summed E-state index contributed by atoms with van der Waals surface area (Å²) in [5.74, 6) is 0.157. The maximum absolute atomic E-state index is 14.1. The van der Waals surface area contributed by atoms with Gasteiger partial charge < -0.3 is 10.5 Å². The van der Waals surface area contributed by atoms with Crippen molar-refractivity contribution in [3.05, 3.63) is 64.5 Å². The third kappa shape index (κ3) is 2.61. The zero-order valence-electron chi connectivity index (χ0n) is 11.4. The van der Waals surface area contributed by atoms with Crippen molar-refractivity contribution in [2.75, 3.05) is 7.11 Å². The first-order valence-electron chi connectivity index (χ1n) is 6.19. The Balaban J connectivity index is 2.47. The second-order valence-corrected chi connectivity index (χ2v) is 4.67. The molecule has 2 aromatic carbocycles. The monoisotopic (exact) mass is 259 g/mol. The van der Waals surface area contributed by atoms with Crippen LogP contribution >= 0.6 is 0 Å². The first-order valence-corrected chi connectivity index (χ1v) is 6.19. The normalized spacial score (nSPS) is 12.3. The molecule has 0 heterocycles. The Kier molecular flexibility index (Phi) is 3.86. The van der Waals surface area contributed by atoms with E-state index >= 15 is 0 Å². The SMILES string of the molecule is COc1ccc(C(N)c2c(C)cccc2C)c(F)c1. The van der Waals surface area contributed by atoms with Crippen LogP contribution in [-0.4, -0.2) is 7.11 Å². The van der Waals surface area contributed by atoms with E-state index in [9.17, 15) is 4.39 Å². The molecule has 0 spiro atoms. The molecule has 100 valence electrons. The lowest BCUT2D eigenvalue weighted by Crippen LogP contribution is -2.16. The molecule has 0 amide bonds. The molecule has 0 aliphatic carbocycles. The third-order valence-corrected chi connectivity index (χ3v) is 3.40. The van der Waals surface area contributed by atoms with Crippen LogP contribution < -0.4 is 10.5 Å². The molecule has 2 N–H and O–H groups in total. The largest absolute Gasteiger partial charge is 0.497 e. The van der Waals surface area contributed by atoms with Gasteiger partial charge in [0.05, 0.1) is 13.2 Å². The van der Waals surface area contributed by atoms with Crippen LogP contribution in [0.1, 0.15) is 28.3 Å². The predicted molar refractivity (Wildman–Crippen MR) is 74.9 cm³/mol. The Morgan fingerprint density at radius 1 is 1.11 bits per heavy atom. The molecule has 2 nitrogen and oxygen atoms in total. The second kappa shape index (κ2) is 5.41. The molecule has 0 bridgehead atoms. The molecule has 1 atom stereocenters. The van der Waals surface area contributed by atoms with E-state index in [0.717, 1.165) is 16.7 Å². The molecule has 1 unspecified atom stereocenters. The van der Waals surface area contributed by atoms with Crippen LogP contribution in [0.5, 0.6) is 5.75 Å². The summed E-state index contributed by atoms with van der Waals surface area (Å²) in [6.07, 6.45) is 0. The molecule has 0 aliphatic rings. The summed E-state index contributed by atoms with van der Waals surface area (Å²) >= 11 is 0. The van der Waals surface area contributed by atoms with Crippen LogP contribution in [-0.2, 0) is 0 Å². The van der Waals surface area contributed by atoms with Gasteiger partial charge in [-0.3, -0.25) is 0 Å². The Morgan fingerprint density at radius 3 is 2.26 bits per heavy atom. The number of nitrogens with two attached hydrogens (primary N) is 1. The van der Waals surface area contributed by atoms with Crippen LogP contribution in [0.4, 0.5) is 4.39 Å². The van der Waals surface area contributed by atoms with Crippen molar-refractivity contribution in [1.82, 2.24) is 0 Å². The number of ether oxygens (including phenoxy) is 1. The standard InChI is InChI=1S/C16H18FNO/c1-10-5-4-6-11(2)15(10)16(18)13-8-7-12(19-3)9-14(13)17/h4-9,16H,18H2,1-3H3. The van der Waals surface area contributed by atoms with Gasteiger partial charge in [-0.05, 0) is 36.6 Å². The van der Waals surface area contributed by atoms with Gasteiger partial charge in [-0.25, -0.2) is 4.39 Å². The molecule has 0 radical (unpaired) electrons. The topological polar surface area (TPSA) is 35.2 Å². The highest BCUT2D eigenvalue weighted by Crippen LogP contribution is 2.29. The number of methoxy groups -OCH3 is 1. The molecule has 0 aliphatic heterocycles. The van der Waals surface area contributed by atoms with Crippen molar-refractivity contribution in [3.63, 3.8) is 0 Å². The average Bonchev–Trinajstić information content (AvgIpc) is 2.38. The number of aryl methyl sites for hydroxylation is 2. The Morgan fingerprint density at radius 2 is 1.74 bits per heavy atom. The average molecular weight is 259 g/mol. The number of hydrogen-bond acceptors (Lipinski definition) is 2. The van der Waals surface area contributed by atoms with E-state index in [1.54, 1.807) is 12.1 Å². The van der Waals surface area contributed by atoms with Crippen molar-refractivity contribution in [1.29, 1.82) is 0 Å². The highest BCUT2D eigenvalue weighted by molar-refractivity contribution is 5.43. The lowest BCUT2D eigenvalue weighted by atomic mass is 9.92. The molecule has 2 aromatic rings. The van der Waals surface area contributed by atoms with E-state index in [-0.39, 0.29) is 5.82 Å². The minimum Gasteiger partial charge on any atom is -0.497 e. The van der Waals surface area contributed by atoms with Gasteiger partial charge in [0.2, 0.25) is 0 Å². The van der Waals surface area contributed by atoms with Gasteiger partial charge >= 0.3 is 0 Å². The quantitative estimate of drug-likeness (QED) is 0.915. The van der Waals surface area contributed by atoms with Gasteiger partial charge in [0.25, 0.3) is 0 Å². The number of benzene rings is 2. The van der Waals surface area contributed by atoms with Crippen molar-refractivity contribution >= 4 is 0 Å². The summed E-state index contributed by atoms with van der Waals surface area (Å²) in [5.41, 5.74) is 9.84. The molecular weight excluding hydrogens is 241 g/mol. The minimum atomic E-state index is -0.466. The molecular formula is C16H18FNO. The smallest absolute Gasteiger partial charge is 0.132 e. The first kappa shape index (κ1) is 13.6. The zero-order chi connectivity index (χ0) is 14.0. The van der Waals surface area contributed by atoms with Gasteiger partial charge in [-0.1, -0.05) is 24.3 Å². The van der Waals surface area contributed by atoms with Crippen LogP contribution in [0.2, 0.25) is 0 Å². The molecule has 2 rings (SSSR count). The molecule has 0 aromatic heterocycles. The molecule has 0 fully saturated rings. The summed E-state index contributed by atoms with van der Waals surface area (Å²) in [4.78, 5) is 0. The van der Waals surface area contributed by atoms with E-state index in [1.807, 2.05) is 32.0 Å². The van der Waals surface area contributed by atoms with Crippen molar-refractivity contribution in [2.24, 2.45) is 5.73 Å². The fourth-order valence-electron chi connectivity index (χ4n) is 2.36. The summed E-state index contributed by atoms with van der Waals surface area (Å²) in [6, 6.07) is 10.3. The van der Waals surface area contributed by atoms with Crippen LogP contribution in [0.25, 0.3) is 0 Å². The Hall–Kier alpha value is -1.87. The third-order valence-electron chi connectivity index (χ3n) is 3.40. The van der Waals surface area contributed by atoms with Crippen molar-refractivity contribution < 1.29 is 9.13 Å². The highest BCUT2D eigenvalue weighted by Gasteiger charge is 2.17. The highest BCUT2D eigenvalue weighted by atomic mass is 19.1. The van der Waals surface area contributed by atoms with E-state index < -0.39 is 6.04 Å². The molecule has 3 heteroatoms. The van der Waals surface area contributed by atoms with E-state index in [4.69, 9.17) is 10.5 Å². The van der Waals surface area contributed by atoms with Gasteiger partial charge in [0.1, 0.15) is 11.6 Å². The molecule has 0 saturated heterocycles. The fourth-order valence-corrected chi connectivity index (χ4v) is 2.36. The van der Waals surface area contributed by atoms with Crippen LogP contribution in [0.3, 0.4) is 0 Å². The van der Waals surface area contributed by atoms with Crippen molar-refractivity contribution in [2.45, 2.75) is 19.9 Å². The molecule has 19 heavy (non-hydrogen) atoms. The van der Waals surface area contributed by atoms with E-state index in [2.05, 4.69) is 0 Å². The first-order chi connectivity index (χ1) is 9.04. The second-order valence-electron chi connectivity index (χ2n) is 4.67. The number of halogens is 1. The Labute approximate surface area is 113 Å². The van der Waals surface area contributed by atoms with Gasteiger partial charge in [0, 0.05) is 11.6 Å². The van der Waals surface area contributed by atoms with Crippen LogP contribution in [0.15, 0.2) is 36.4 Å². The zero-order valence-corrected chi connectivity index (χ0v) is 11.4. The van der Waals surface area contributed by atoms with Crippen LogP contribution in [0, 0.1) is 19.7 Å². The minimum absolute atomic E-state index is 0.338. The maximum atomic E-state index is 14.1. The number of hydrogen-bond donors (Lipinski definition) is 1. The van der Waals surface area contributed by atoms with Crippen molar-refractivity contribution in [3.8, 4) is 5.75 Å². The molecule has 0 saturated carbocycles. The number of rotatable bonds is 3. The van der Waals surface area contributed by atoms with Gasteiger partial charge in [-0.15, -0.1) is 0 Å². The summed E-state index contributed by atoms with van der Waals surface area (Å²) in [5, 5.41) is 0. The van der Waals surface area contributed by atoms with E-state index in [0.29, 0.717) is 11.3 Å². The maximum Gasteiger partial charge on any atom is 0.132 e. The summed E-state index contributed by atoms with van der Waals surface area (Å²) < 4.78 is 19.1. The van der Waals surface area contributed by atoms with Gasteiger partial charge in [-0.2, -0.15) is 0 Å². The fraction of sp³-hybridized carbons (Fsp3) is 0.250. The lowest BCUT2D eigenvalue weighted by molar-refractivity contribution is 0.410. The predicted octanol–water partition coefficient (Wildman–Crippen LogP) is 3.50. The van der Waals surface area contributed by atoms with Gasteiger partial charge in [0.15, 0.2) is 0 Å². The summed E-state index contributed by atoms with van der Waals surface area (Å²) in [6.45, 7) is 3.98. The summed E-state index contributed by atoms with van der Waals surface area (Å²) in [7, 11) is 1.51.